The fourth-order valence-electron chi connectivity index (χ4n) is 4.55. The maximum absolute atomic E-state index is 12.6. The minimum Gasteiger partial charge on any atom is -0.486 e. The lowest BCUT2D eigenvalue weighted by atomic mass is 10.2. The van der Waals surface area contributed by atoms with E-state index >= 15 is 0 Å². The van der Waals surface area contributed by atoms with Crippen molar-refractivity contribution in [3.05, 3.63) is 30.0 Å². The summed E-state index contributed by atoms with van der Waals surface area (Å²) in [6.07, 6.45) is 0.0341. The standard InChI is InChI=1S/C22H30N6O3/c1-16-20(28-13-8-24(2)22(28)29)21(23-25(16)3)27-11-9-26(10-12-27)14-17-15-30-18-6-4-5-7-19(18)31-17/h4-7,17H,8-15H2,1-3H3/t17-/m0/s1. The van der Waals surface area contributed by atoms with Crippen LogP contribution < -0.4 is 19.3 Å². The third-order valence-electron chi connectivity index (χ3n) is 6.47. The molecule has 2 saturated heterocycles. The van der Waals surface area contributed by atoms with Gasteiger partial charge in [-0.25, -0.2) is 4.79 Å². The van der Waals surface area contributed by atoms with E-state index in [0.29, 0.717) is 13.2 Å². The molecule has 0 spiro atoms. The van der Waals surface area contributed by atoms with Crippen molar-refractivity contribution in [2.75, 3.05) is 69.3 Å². The summed E-state index contributed by atoms with van der Waals surface area (Å²) in [6.45, 7) is 8.47. The summed E-state index contributed by atoms with van der Waals surface area (Å²) in [6, 6.07) is 7.88. The lowest BCUT2D eigenvalue weighted by Gasteiger charge is -2.38. The molecule has 0 saturated carbocycles. The van der Waals surface area contributed by atoms with Gasteiger partial charge in [0, 0.05) is 59.9 Å². The number of likely N-dealkylation sites (N-methyl/N-ethyl adjacent to an activating group) is 1. The quantitative estimate of drug-likeness (QED) is 0.739. The van der Waals surface area contributed by atoms with Crippen LogP contribution in [0.25, 0.3) is 0 Å². The third-order valence-corrected chi connectivity index (χ3v) is 6.47. The van der Waals surface area contributed by atoms with Crippen LogP contribution in [-0.4, -0.2) is 91.2 Å². The van der Waals surface area contributed by atoms with Crippen molar-refractivity contribution in [1.82, 2.24) is 19.6 Å². The second kappa shape index (κ2) is 7.96. The molecule has 1 aromatic carbocycles. The highest BCUT2D eigenvalue weighted by atomic mass is 16.6. The lowest BCUT2D eigenvalue weighted by Crippen LogP contribution is -2.51. The number of benzene rings is 1. The van der Waals surface area contributed by atoms with Crippen LogP contribution in [0.2, 0.25) is 0 Å². The summed E-state index contributed by atoms with van der Waals surface area (Å²) in [4.78, 5) is 21.0. The van der Waals surface area contributed by atoms with Gasteiger partial charge in [0.15, 0.2) is 17.3 Å². The monoisotopic (exact) mass is 426 g/mol. The Morgan fingerprint density at radius 1 is 1.03 bits per heavy atom. The molecular weight excluding hydrogens is 396 g/mol. The van der Waals surface area contributed by atoms with Gasteiger partial charge in [-0.1, -0.05) is 12.1 Å². The van der Waals surface area contributed by atoms with Gasteiger partial charge in [0.25, 0.3) is 0 Å². The van der Waals surface area contributed by atoms with E-state index in [1.54, 1.807) is 4.90 Å². The highest BCUT2D eigenvalue weighted by Gasteiger charge is 2.34. The van der Waals surface area contributed by atoms with Gasteiger partial charge in [-0.2, -0.15) is 5.10 Å². The number of hydrogen-bond acceptors (Lipinski definition) is 6. The van der Waals surface area contributed by atoms with Crippen molar-refractivity contribution in [1.29, 1.82) is 0 Å². The number of urea groups is 1. The third kappa shape index (κ3) is 3.67. The van der Waals surface area contributed by atoms with E-state index in [9.17, 15) is 4.79 Å². The van der Waals surface area contributed by atoms with Crippen LogP contribution in [0.5, 0.6) is 11.5 Å². The van der Waals surface area contributed by atoms with E-state index in [2.05, 4.69) is 9.80 Å². The van der Waals surface area contributed by atoms with Gasteiger partial charge < -0.3 is 19.3 Å². The number of fused-ring (bicyclic) bond motifs is 1. The number of piperazine rings is 1. The number of carbonyl (C=O) groups excluding carboxylic acids is 1. The molecule has 2 amide bonds. The molecule has 1 aromatic heterocycles. The van der Waals surface area contributed by atoms with Crippen molar-refractivity contribution in [2.24, 2.45) is 7.05 Å². The number of para-hydroxylation sites is 2. The van der Waals surface area contributed by atoms with E-state index in [1.165, 1.54) is 0 Å². The summed E-state index contributed by atoms with van der Waals surface area (Å²) in [7, 11) is 3.79. The van der Waals surface area contributed by atoms with Gasteiger partial charge in [-0.3, -0.25) is 14.5 Å². The number of hydrogen-bond donors (Lipinski definition) is 0. The highest BCUT2D eigenvalue weighted by molar-refractivity contribution is 5.97. The zero-order valence-electron chi connectivity index (χ0n) is 18.5. The summed E-state index contributed by atoms with van der Waals surface area (Å²) < 4.78 is 13.9. The van der Waals surface area contributed by atoms with E-state index in [-0.39, 0.29) is 12.1 Å². The van der Waals surface area contributed by atoms with Gasteiger partial charge in [-0.05, 0) is 19.1 Å². The second-order valence-electron chi connectivity index (χ2n) is 8.52. The van der Waals surface area contributed by atoms with E-state index in [0.717, 1.165) is 68.0 Å². The Kier molecular flexibility index (Phi) is 5.13. The molecule has 2 fully saturated rings. The zero-order valence-corrected chi connectivity index (χ0v) is 18.5. The molecule has 4 heterocycles. The Labute approximate surface area is 182 Å². The number of aryl methyl sites for hydroxylation is 1. The Hall–Kier alpha value is -2.94. The van der Waals surface area contributed by atoms with Crippen LogP contribution in [0, 0.1) is 6.92 Å². The zero-order chi connectivity index (χ0) is 21.5. The van der Waals surface area contributed by atoms with E-state index in [4.69, 9.17) is 14.6 Å². The first-order valence-electron chi connectivity index (χ1n) is 10.9. The van der Waals surface area contributed by atoms with Crippen molar-refractivity contribution in [2.45, 2.75) is 13.0 Å². The SMILES string of the molecule is Cc1c(N2CCN(C)C2=O)c(N2CCN(C[C@H]3COc4ccccc4O3)CC2)nn1C. The minimum atomic E-state index is 0.0341. The van der Waals surface area contributed by atoms with Crippen molar-refractivity contribution in [3.63, 3.8) is 0 Å². The van der Waals surface area contributed by atoms with Crippen molar-refractivity contribution >= 4 is 17.5 Å². The fourth-order valence-corrected chi connectivity index (χ4v) is 4.55. The lowest BCUT2D eigenvalue weighted by molar-refractivity contribution is 0.0571. The predicted molar refractivity (Wildman–Crippen MR) is 118 cm³/mol. The molecule has 9 nitrogen and oxygen atoms in total. The Bertz CT molecular complexity index is 968. The largest absolute Gasteiger partial charge is 0.486 e. The summed E-state index contributed by atoms with van der Waals surface area (Å²) >= 11 is 0. The van der Waals surface area contributed by atoms with Crippen LogP contribution >= 0.6 is 0 Å². The van der Waals surface area contributed by atoms with Crippen LogP contribution in [0.15, 0.2) is 24.3 Å². The fraction of sp³-hybridized carbons (Fsp3) is 0.545. The van der Waals surface area contributed by atoms with Gasteiger partial charge in [-0.15, -0.1) is 0 Å². The molecule has 2 aromatic rings. The number of rotatable bonds is 4. The van der Waals surface area contributed by atoms with Crippen LogP contribution in [-0.2, 0) is 7.05 Å². The number of ether oxygens (including phenoxy) is 2. The Morgan fingerprint density at radius 2 is 1.77 bits per heavy atom. The molecule has 3 aliphatic rings. The van der Waals surface area contributed by atoms with Crippen molar-refractivity contribution in [3.8, 4) is 11.5 Å². The molecule has 31 heavy (non-hydrogen) atoms. The first-order valence-corrected chi connectivity index (χ1v) is 10.9. The van der Waals surface area contributed by atoms with E-state index < -0.39 is 0 Å². The normalized spacial score (nSPS) is 21.8. The second-order valence-corrected chi connectivity index (χ2v) is 8.52. The molecule has 0 unspecified atom stereocenters. The summed E-state index contributed by atoms with van der Waals surface area (Å²) in [5.74, 6) is 2.56. The number of anilines is 2. The first-order chi connectivity index (χ1) is 15.0. The van der Waals surface area contributed by atoms with Gasteiger partial charge in [0.05, 0.1) is 5.69 Å². The Morgan fingerprint density at radius 3 is 2.48 bits per heavy atom. The molecular formula is C22H30N6O3. The summed E-state index contributed by atoms with van der Waals surface area (Å²) in [5, 5.41) is 4.77. The summed E-state index contributed by atoms with van der Waals surface area (Å²) in [5.41, 5.74) is 1.97. The first kappa shape index (κ1) is 20.0. The Balaban J connectivity index is 1.23. The topological polar surface area (TPSA) is 66.3 Å². The molecule has 0 radical (unpaired) electrons. The molecule has 0 bridgehead atoms. The molecule has 0 N–H and O–H groups in total. The average molecular weight is 427 g/mol. The maximum atomic E-state index is 12.6. The average Bonchev–Trinajstić information content (AvgIpc) is 3.26. The van der Waals surface area contributed by atoms with Gasteiger partial charge in [0.1, 0.15) is 18.4 Å². The van der Waals surface area contributed by atoms with Crippen LogP contribution in [0.3, 0.4) is 0 Å². The van der Waals surface area contributed by atoms with Crippen molar-refractivity contribution < 1.29 is 14.3 Å². The smallest absolute Gasteiger partial charge is 0.324 e. The molecule has 1 atom stereocenters. The van der Waals surface area contributed by atoms with E-state index in [1.807, 2.05) is 54.9 Å². The minimum absolute atomic E-state index is 0.0341. The van der Waals surface area contributed by atoms with Crippen LogP contribution in [0.4, 0.5) is 16.3 Å². The van der Waals surface area contributed by atoms with Crippen LogP contribution in [0.1, 0.15) is 5.69 Å². The molecule has 166 valence electrons. The molecule has 5 rings (SSSR count). The number of nitrogens with zero attached hydrogens (tertiary/aromatic N) is 6. The van der Waals surface area contributed by atoms with Gasteiger partial charge in [0.2, 0.25) is 0 Å². The number of aromatic nitrogens is 2. The molecule has 9 heteroatoms. The molecule has 3 aliphatic heterocycles. The maximum Gasteiger partial charge on any atom is 0.324 e. The molecule has 0 aliphatic carbocycles. The predicted octanol–water partition coefficient (Wildman–Crippen LogP) is 1.56. The highest BCUT2D eigenvalue weighted by Crippen LogP contribution is 2.35. The number of amides is 2. The number of carbonyl (C=O) groups is 1. The van der Waals surface area contributed by atoms with Gasteiger partial charge >= 0.3 is 6.03 Å².